The summed E-state index contributed by atoms with van der Waals surface area (Å²) >= 11 is 0.377. The van der Waals surface area contributed by atoms with Gasteiger partial charge in [0.25, 0.3) is 5.76 Å². The molecule has 0 N–H and O–H groups in total. The van der Waals surface area contributed by atoms with Crippen LogP contribution in [0.25, 0.3) is 6.08 Å². The maximum absolute atomic E-state index is 12.6. The number of carbonyl (C=O) groups is 1. The molecule has 0 spiro atoms. The summed E-state index contributed by atoms with van der Waals surface area (Å²) in [6, 6.07) is 9.74. The molecule has 0 bridgehead atoms. The van der Waals surface area contributed by atoms with E-state index in [0.29, 0.717) is 35.4 Å². The number of hydrogen-bond acceptors (Lipinski definition) is 5. The first-order valence-electron chi connectivity index (χ1n) is 8.14. The van der Waals surface area contributed by atoms with Gasteiger partial charge in [-0.3, -0.25) is 4.79 Å². The lowest BCUT2D eigenvalue weighted by molar-refractivity contribution is 0.104. The number of alkyl halides is 2. The van der Waals surface area contributed by atoms with Crippen LogP contribution in [0.4, 0.5) is 8.78 Å². The van der Waals surface area contributed by atoms with Crippen LogP contribution in [-0.4, -0.2) is 32.4 Å². The fourth-order valence-corrected chi connectivity index (χ4v) is 2.94. The molecule has 144 valence electrons. The minimum Gasteiger partial charge on any atom is -0.496 e. The predicted octanol–water partition coefficient (Wildman–Crippen LogP) is 5.31. The minimum absolute atomic E-state index is 0.239. The van der Waals surface area contributed by atoms with E-state index in [1.807, 2.05) is 6.92 Å². The van der Waals surface area contributed by atoms with Crippen LogP contribution in [-0.2, 0) is 0 Å². The summed E-state index contributed by atoms with van der Waals surface area (Å²) in [5.41, 5.74) is 1.12. The van der Waals surface area contributed by atoms with Gasteiger partial charge in [0.15, 0.2) is 17.3 Å². The number of ketones is 1. The number of thioether (sulfide) groups is 1. The minimum atomic E-state index is -2.56. The Bertz CT molecular complexity index is 822. The second-order valence-corrected chi connectivity index (χ2v) is 6.32. The normalized spacial score (nSPS) is 11.0. The van der Waals surface area contributed by atoms with Crippen LogP contribution in [0.2, 0.25) is 0 Å². The van der Waals surface area contributed by atoms with Gasteiger partial charge >= 0.3 is 0 Å². The van der Waals surface area contributed by atoms with Gasteiger partial charge in [-0.15, -0.1) is 0 Å². The lowest BCUT2D eigenvalue weighted by Crippen LogP contribution is -1.97. The molecule has 2 aromatic carbocycles. The molecule has 0 saturated carbocycles. The number of carbonyl (C=O) groups excluding carboxylic acids is 1. The van der Waals surface area contributed by atoms with Crippen LogP contribution in [0.15, 0.2) is 47.4 Å². The predicted molar refractivity (Wildman–Crippen MR) is 102 cm³/mol. The molecule has 0 radical (unpaired) electrons. The first kappa shape index (κ1) is 20.8. The zero-order chi connectivity index (χ0) is 19.8. The van der Waals surface area contributed by atoms with Crippen LogP contribution in [0.3, 0.4) is 0 Å². The van der Waals surface area contributed by atoms with Crippen LogP contribution >= 0.6 is 11.8 Å². The van der Waals surface area contributed by atoms with Crippen molar-refractivity contribution in [3.63, 3.8) is 0 Å². The van der Waals surface area contributed by atoms with Gasteiger partial charge in [-0.1, -0.05) is 23.9 Å². The van der Waals surface area contributed by atoms with Crippen molar-refractivity contribution in [2.24, 2.45) is 0 Å². The summed E-state index contributed by atoms with van der Waals surface area (Å²) in [5, 5.41) is 0. The molecule has 4 nitrogen and oxygen atoms in total. The van der Waals surface area contributed by atoms with Crippen LogP contribution in [0.1, 0.15) is 22.8 Å². The summed E-state index contributed by atoms with van der Waals surface area (Å²) < 4.78 is 41.0. The van der Waals surface area contributed by atoms with Crippen molar-refractivity contribution < 1.29 is 27.8 Å². The molecule has 2 rings (SSSR count). The number of benzene rings is 2. The highest BCUT2D eigenvalue weighted by Crippen LogP contribution is 2.34. The van der Waals surface area contributed by atoms with Crippen molar-refractivity contribution in [1.82, 2.24) is 0 Å². The van der Waals surface area contributed by atoms with Gasteiger partial charge in [0, 0.05) is 5.56 Å². The molecule has 27 heavy (non-hydrogen) atoms. The van der Waals surface area contributed by atoms with Crippen molar-refractivity contribution >= 4 is 23.6 Å². The molecule has 0 aliphatic heterocycles. The SMILES string of the molecule is CCOc1cc(C=CC(=O)c2ccc(SC(F)F)c(OC)c2)ccc1OC. The summed E-state index contributed by atoms with van der Waals surface area (Å²) in [5.74, 6) is -1.39. The number of hydrogen-bond donors (Lipinski definition) is 0. The summed E-state index contributed by atoms with van der Waals surface area (Å²) in [7, 11) is 2.93. The van der Waals surface area contributed by atoms with Crippen molar-refractivity contribution in [2.75, 3.05) is 20.8 Å². The Hall–Kier alpha value is -2.54. The highest BCUT2D eigenvalue weighted by molar-refractivity contribution is 7.99. The van der Waals surface area contributed by atoms with E-state index in [-0.39, 0.29) is 16.4 Å². The Morgan fingerprint density at radius 3 is 2.44 bits per heavy atom. The zero-order valence-electron chi connectivity index (χ0n) is 15.2. The smallest absolute Gasteiger partial charge is 0.289 e. The maximum Gasteiger partial charge on any atom is 0.289 e. The maximum atomic E-state index is 12.6. The number of allylic oxidation sites excluding steroid dienone is 1. The van der Waals surface area contributed by atoms with Gasteiger partial charge in [0.05, 0.1) is 25.7 Å². The number of rotatable bonds is 9. The molecule has 0 aromatic heterocycles. The van der Waals surface area contributed by atoms with Gasteiger partial charge in [0.2, 0.25) is 0 Å². The lowest BCUT2D eigenvalue weighted by atomic mass is 10.1. The van der Waals surface area contributed by atoms with Crippen LogP contribution in [0, 0.1) is 0 Å². The standard InChI is InChI=1S/C20H20F2O4S/c1-4-26-17-11-13(6-9-16(17)24-2)5-8-15(23)14-7-10-19(27-20(21)22)18(12-14)25-3/h5-12,20H,4H2,1-3H3. The molecule has 0 atom stereocenters. The van der Waals surface area contributed by atoms with Gasteiger partial charge in [0.1, 0.15) is 5.75 Å². The average molecular weight is 394 g/mol. The Morgan fingerprint density at radius 1 is 1.07 bits per heavy atom. The van der Waals surface area contributed by atoms with Gasteiger partial charge in [-0.2, -0.15) is 8.78 Å². The monoisotopic (exact) mass is 394 g/mol. The molecule has 0 unspecified atom stereocenters. The molecule has 2 aromatic rings. The van der Waals surface area contributed by atoms with E-state index in [1.54, 1.807) is 31.4 Å². The van der Waals surface area contributed by atoms with E-state index in [4.69, 9.17) is 14.2 Å². The molecule has 0 saturated heterocycles. The summed E-state index contributed by atoms with van der Waals surface area (Å²) in [4.78, 5) is 12.7. The molecular formula is C20H20F2O4S. The third-order valence-electron chi connectivity index (χ3n) is 3.58. The molecule has 0 heterocycles. The van der Waals surface area contributed by atoms with E-state index in [1.165, 1.54) is 31.4 Å². The van der Waals surface area contributed by atoms with Crippen LogP contribution in [0.5, 0.6) is 17.2 Å². The Labute approximate surface area is 161 Å². The van der Waals surface area contributed by atoms with Crippen LogP contribution < -0.4 is 14.2 Å². The van der Waals surface area contributed by atoms with Gasteiger partial charge in [-0.25, -0.2) is 0 Å². The van der Waals surface area contributed by atoms with Crippen molar-refractivity contribution in [1.29, 1.82) is 0 Å². The fourth-order valence-electron chi connectivity index (χ4n) is 2.35. The van der Waals surface area contributed by atoms with Gasteiger partial charge < -0.3 is 14.2 Å². The second-order valence-electron chi connectivity index (χ2n) is 5.29. The summed E-state index contributed by atoms with van der Waals surface area (Å²) in [6.07, 6.45) is 3.06. The molecule has 0 aliphatic carbocycles. The fraction of sp³-hybridized carbons (Fsp3) is 0.250. The molecule has 0 fully saturated rings. The average Bonchev–Trinajstić information content (AvgIpc) is 2.66. The number of methoxy groups -OCH3 is 2. The topological polar surface area (TPSA) is 44.8 Å². The quantitative estimate of drug-likeness (QED) is 0.327. The highest BCUT2D eigenvalue weighted by atomic mass is 32.2. The van der Waals surface area contributed by atoms with Crippen molar-refractivity contribution in [3.05, 3.63) is 53.6 Å². The first-order valence-corrected chi connectivity index (χ1v) is 9.02. The Balaban J connectivity index is 2.20. The molecular weight excluding hydrogens is 374 g/mol. The van der Waals surface area contributed by atoms with Crippen molar-refractivity contribution in [2.45, 2.75) is 17.6 Å². The third kappa shape index (κ3) is 5.72. The molecule has 0 aliphatic rings. The van der Waals surface area contributed by atoms with E-state index >= 15 is 0 Å². The first-order chi connectivity index (χ1) is 13.0. The van der Waals surface area contributed by atoms with E-state index in [2.05, 4.69) is 0 Å². The van der Waals surface area contributed by atoms with Crippen molar-refractivity contribution in [3.8, 4) is 17.2 Å². The zero-order valence-corrected chi connectivity index (χ0v) is 16.0. The third-order valence-corrected chi connectivity index (χ3v) is 4.35. The second kappa shape index (κ2) is 9.97. The number of ether oxygens (including phenoxy) is 3. The molecule has 0 amide bonds. The Kier molecular flexibility index (Phi) is 7.67. The largest absolute Gasteiger partial charge is 0.496 e. The Morgan fingerprint density at radius 2 is 1.81 bits per heavy atom. The van der Waals surface area contributed by atoms with E-state index in [0.717, 1.165) is 5.56 Å². The highest BCUT2D eigenvalue weighted by Gasteiger charge is 2.13. The van der Waals surface area contributed by atoms with Gasteiger partial charge in [-0.05, 0) is 48.9 Å². The van der Waals surface area contributed by atoms with E-state index in [9.17, 15) is 13.6 Å². The lowest BCUT2D eigenvalue weighted by Gasteiger charge is -2.10. The van der Waals surface area contributed by atoms with E-state index < -0.39 is 5.76 Å². The molecule has 7 heteroatoms. The number of halogens is 2. The summed E-state index contributed by atoms with van der Waals surface area (Å²) in [6.45, 7) is 2.36.